The van der Waals surface area contributed by atoms with Crippen LogP contribution in [0.3, 0.4) is 0 Å². The van der Waals surface area contributed by atoms with Crippen LogP contribution in [0.4, 0.5) is 5.69 Å². The maximum atomic E-state index is 12.9. The minimum atomic E-state index is -0.403. The van der Waals surface area contributed by atoms with Gasteiger partial charge in [-0.15, -0.1) is 0 Å². The van der Waals surface area contributed by atoms with Gasteiger partial charge >= 0.3 is 0 Å². The monoisotopic (exact) mass is 349 g/mol. The molecular formula is C20H19N3O3. The topological polar surface area (TPSA) is 67.6 Å². The molecule has 26 heavy (non-hydrogen) atoms. The first-order valence-electron chi connectivity index (χ1n) is 8.37. The molecule has 1 unspecified atom stereocenters. The highest BCUT2D eigenvalue weighted by molar-refractivity contribution is 5.98. The van der Waals surface area contributed by atoms with E-state index in [-0.39, 0.29) is 5.91 Å². The second-order valence-electron chi connectivity index (χ2n) is 6.20. The maximum absolute atomic E-state index is 12.9. The quantitative estimate of drug-likeness (QED) is 0.760. The van der Waals surface area contributed by atoms with Crippen molar-refractivity contribution in [2.45, 2.75) is 19.6 Å². The van der Waals surface area contributed by atoms with Crippen LogP contribution >= 0.6 is 0 Å². The smallest absolute Gasteiger partial charge is 0.258 e. The second-order valence-corrected chi connectivity index (χ2v) is 6.20. The number of nitrogens with one attached hydrogen (secondary N) is 1. The summed E-state index contributed by atoms with van der Waals surface area (Å²) in [7, 11) is 1.63. The molecule has 1 amide bonds. The van der Waals surface area contributed by atoms with Gasteiger partial charge in [-0.05, 0) is 48.9 Å². The second kappa shape index (κ2) is 6.55. The first-order valence-corrected chi connectivity index (χ1v) is 8.37. The van der Waals surface area contributed by atoms with Crippen LogP contribution in [0.15, 0.2) is 59.3 Å². The number of ether oxygens (including phenoxy) is 1. The summed E-state index contributed by atoms with van der Waals surface area (Å²) in [5.74, 6) is 1.35. The summed E-state index contributed by atoms with van der Waals surface area (Å²) in [5.41, 5.74) is 3.21. The molecule has 0 spiro atoms. The van der Waals surface area contributed by atoms with Crippen molar-refractivity contribution >= 4 is 11.6 Å². The van der Waals surface area contributed by atoms with Crippen LogP contribution in [-0.4, -0.2) is 22.9 Å². The molecule has 0 fully saturated rings. The van der Waals surface area contributed by atoms with Gasteiger partial charge < -0.3 is 19.4 Å². The number of aryl methyl sites for hydroxylation is 1. The summed E-state index contributed by atoms with van der Waals surface area (Å²) >= 11 is 0. The zero-order chi connectivity index (χ0) is 18.1. The van der Waals surface area contributed by atoms with E-state index in [1.807, 2.05) is 37.3 Å². The number of methoxy groups -OCH3 is 1. The highest BCUT2D eigenvalue weighted by Gasteiger charge is 2.38. The van der Waals surface area contributed by atoms with Crippen molar-refractivity contribution < 1.29 is 13.9 Å². The Labute approximate surface area is 151 Å². The van der Waals surface area contributed by atoms with E-state index >= 15 is 0 Å². The van der Waals surface area contributed by atoms with Gasteiger partial charge in [0.2, 0.25) is 0 Å². The third-order valence-corrected chi connectivity index (χ3v) is 4.45. The van der Waals surface area contributed by atoms with Crippen molar-refractivity contribution in [1.82, 2.24) is 9.88 Å². The van der Waals surface area contributed by atoms with E-state index in [0.717, 1.165) is 11.3 Å². The van der Waals surface area contributed by atoms with Gasteiger partial charge in [-0.1, -0.05) is 6.07 Å². The number of amides is 1. The molecule has 2 aromatic heterocycles. The molecule has 0 saturated heterocycles. The van der Waals surface area contributed by atoms with Gasteiger partial charge in [-0.25, -0.2) is 0 Å². The highest BCUT2D eigenvalue weighted by atomic mass is 16.5. The molecule has 0 saturated carbocycles. The number of nitrogens with zero attached hydrogens (tertiary/aromatic N) is 2. The predicted molar refractivity (Wildman–Crippen MR) is 96.9 cm³/mol. The molecule has 132 valence electrons. The third-order valence-electron chi connectivity index (χ3n) is 4.45. The van der Waals surface area contributed by atoms with Gasteiger partial charge in [0.1, 0.15) is 17.7 Å². The van der Waals surface area contributed by atoms with Crippen LogP contribution < -0.4 is 10.1 Å². The van der Waals surface area contributed by atoms with E-state index in [1.54, 1.807) is 36.6 Å². The SMILES string of the molecule is COc1ccc(C)cc1NC1c2ncccc2C(=O)N1Cc1ccco1. The third kappa shape index (κ3) is 2.79. The molecule has 6 heteroatoms. The summed E-state index contributed by atoms with van der Waals surface area (Å²) in [4.78, 5) is 19.1. The predicted octanol–water partition coefficient (Wildman–Crippen LogP) is 3.76. The molecule has 1 aromatic carbocycles. The summed E-state index contributed by atoms with van der Waals surface area (Å²) in [6.07, 6.45) is 2.90. The normalized spacial score (nSPS) is 15.8. The number of rotatable bonds is 5. The summed E-state index contributed by atoms with van der Waals surface area (Å²) < 4.78 is 10.9. The maximum Gasteiger partial charge on any atom is 0.258 e. The number of aromatic nitrogens is 1. The lowest BCUT2D eigenvalue weighted by atomic mass is 10.2. The van der Waals surface area contributed by atoms with E-state index in [1.165, 1.54) is 0 Å². The number of pyridine rings is 1. The lowest BCUT2D eigenvalue weighted by molar-refractivity contribution is 0.0714. The number of hydrogen-bond acceptors (Lipinski definition) is 5. The van der Waals surface area contributed by atoms with E-state index in [0.29, 0.717) is 29.3 Å². The number of furan rings is 1. The molecule has 1 aliphatic rings. The Hall–Kier alpha value is -3.28. The summed E-state index contributed by atoms with van der Waals surface area (Å²) in [6.45, 7) is 2.37. The Bertz CT molecular complexity index is 937. The minimum absolute atomic E-state index is 0.0754. The van der Waals surface area contributed by atoms with Crippen molar-refractivity contribution in [3.05, 3.63) is 77.5 Å². The number of fused-ring (bicyclic) bond motifs is 1. The van der Waals surface area contributed by atoms with Crippen LogP contribution in [0, 0.1) is 6.92 Å². The number of carbonyl (C=O) groups excluding carboxylic acids is 1. The average molecular weight is 349 g/mol. The number of benzene rings is 1. The van der Waals surface area contributed by atoms with E-state index in [2.05, 4.69) is 10.3 Å². The first-order chi connectivity index (χ1) is 12.7. The van der Waals surface area contributed by atoms with Crippen LogP contribution in [0.5, 0.6) is 5.75 Å². The fraction of sp³-hybridized carbons (Fsp3) is 0.200. The zero-order valence-electron chi connectivity index (χ0n) is 14.6. The van der Waals surface area contributed by atoms with E-state index in [9.17, 15) is 4.79 Å². The molecule has 0 bridgehead atoms. The molecule has 3 heterocycles. The number of hydrogen-bond donors (Lipinski definition) is 1. The van der Waals surface area contributed by atoms with Gasteiger partial charge in [-0.2, -0.15) is 0 Å². The lowest BCUT2D eigenvalue weighted by Gasteiger charge is -2.26. The fourth-order valence-corrected chi connectivity index (χ4v) is 3.20. The first kappa shape index (κ1) is 16.2. The molecule has 1 atom stereocenters. The lowest BCUT2D eigenvalue weighted by Crippen LogP contribution is -2.32. The van der Waals surface area contributed by atoms with Crippen molar-refractivity contribution in [3.8, 4) is 5.75 Å². The van der Waals surface area contributed by atoms with E-state index in [4.69, 9.17) is 9.15 Å². The fourth-order valence-electron chi connectivity index (χ4n) is 3.20. The Morgan fingerprint density at radius 3 is 2.92 bits per heavy atom. The Balaban J connectivity index is 1.73. The average Bonchev–Trinajstić information content (AvgIpc) is 3.25. The van der Waals surface area contributed by atoms with Gasteiger partial charge in [0.25, 0.3) is 5.91 Å². The minimum Gasteiger partial charge on any atom is -0.495 e. The van der Waals surface area contributed by atoms with Crippen molar-refractivity contribution in [2.75, 3.05) is 12.4 Å². The van der Waals surface area contributed by atoms with Gasteiger partial charge in [0.15, 0.2) is 0 Å². The number of carbonyl (C=O) groups is 1. The Kier molecular flexibility index (Phi) is 4.08. The molecule has 4 rings (SSSR count). The summed E-state index contributed by atoms with van der Waals surface area (Å²) in [6, 6.07) is 13.1. The van der Waals surface area contributed by atoms with Gasteiger partial charge in [0, 0.05) is 6.20 Å². The van der Waals surface area contributed by atoms with Crippen LogP contribution in [-0.2, 0) is 6.54 Å². The van der Waals surface area contributed by atoms with Crippen molar-refractivity contribution in [2.24, 2.45) is 0 Å². The molecule has 1 aliphatic heterocycles. The molecule has 0 aliphatic carbocycles. The molecular weight excluding hydrogens is 330 g/mol. The molecule has 0 radical (unpaired) electrons. The molecule has 6 nitrogen and oxygen atoms in total. The van der Waals surface area contributed by atoms with Crippen LogP contribution in [0.2, 0.25) is 0 Å². The Morgan fingerprint density at radius 2 is 2.15 bits per heavy atom. The Morgan fingerprint density at radius 1 is 1.27 bits per heavy atom. The standard InChI is InChI=1S/C20H19N3O3/c1-13-7-8-17(25-2)16(11-13)22-19-18-15(6-3-9-21-18)20(24)23(19)12-14-5-4-10-26-14/h3-11,19,22H,12H2,1-2H3. The van der Waals surface area contributed by atoms with Crippen LogP contribution in [0.25, 0.3) is 0 Å². The van der Waals surface area contributed by atoms with Crippen molar-refractivity contribution in [3.63, 3.8) is 0 Å². The zero-order valence-corrected chi connectivity index (χ0v) is 14.6. The largest absolute Gasteiger partial charge is 0.495 e. The molecule has 1 N–H and O–H groups in total. The van der Waals surface area contributed by atoms with Gasteiger partial charge in [0.05, 0.1) is 36.9 Å². The number of anilines is 1. The molecule has 3 aromatic rings. The van der Waals surface area contributed by atoms with Gasteiger partial charge in [-0.3, -0.25) is 9.78 Å². The highest BCUT2D eigenvalue weighted by Crippen LogP contribution is 2.36. The summed E-state index contributed by atoms with van der Waals surface area (Å²) in [5, 5.41) is 3.43. The van der Waals surface area contributed by atoms with E-state index < -0.39 is 6.17 Å². The van der Waals surface area contributed by atoms with Crippen LogP contribution in [0.1, 0.15) is 33.5 Å². The van der Waals surface area contributed by atoms with Crippen molar-refractivity contribution in [1.29, 1.82) is 0 Å².